The van der Waals surface area contributed by atoms with E-state index in [4.69, 9.17) is 11.6 Å². The van der Waals surface area contributed by atoms with E-state index in [2.05, 4.69) is 46.6 Å². The number of hydrogen-bond acceptors (Lipinski definition) is 4. The van der Waals surface area contributed by atoms with Gasteiger partial charge in [0.05, 0.1) is 10.6 Å². The van der Waals surface area contributed by atoms with E-state index in [1.54, 1.807) is 0 Å². The Balaban J connectivity index is 1.25. The van der Waals surface area contributed by atoms with Gasteiger partial charge in [0.15, 0.2) is 9.84 Å². The molecule has 1 N–H and O–H groups in total. The van der Waals surface area contributed by atoms with Gasteiger partial charge in [0, 0.05) is 36.8 Å². The van der Waals surface area contributed by atoms with E-state index in [0.717, 1.165) is 25.1 Å². The van der Waals surface area contributed by atoms with Gasteiger partial charge in [-0.25, -0.2) is 8.42 Å². The predicted octanol–water partition coefficient (Wildman–Crippen LogP) is 4.38. The summed E-state index contributed by atoms with van der Waals surface area (Å²) in [4.78, 5) is 14.7. The SMILES string of the molecule is O=C(CCS(=O)(=O)c1ccc(Cl)cc1)NCc1ccc(CN2CCc3ccccc32)cc1. The molecule has 32 heavy (non-hydrogen) atoms. The van der Waals surface area contributed by atoms with E-state index in [0.29, 0.717) is 11.6 Å². The number of rotatable bonds is 8. The topological polar surface area (TPSA) is 66.5 Å². The van der Waals surface area contributed by atoms with Crippen molar-refractivity contribution in [2.45, 2.75) is 30.8 Å². The summed E-state index contributed by atoms with van der Waals surface area (Å²) < 4.78 is 24.7. The number of anilines is 1. The number of nitrogens with zero attached hydrogens (tertiary/aromatic N) is 1. The molecule has 0 aliphatic carbocycles. The highest BCUT2D eigenvalue weighted by molar-refractivity contribution is 7.91. The number of hydrogen-bond donors (Lipinski definition) is 1. The van der Waals surface area contributed by atoms with E-state index in [-0.39, 0.29) is 23.0 Å². The highest BCUT2D eigenvalue weighted by Gasteiger charge is 2.18. The van der Waals surface area contributed by atoms with E-state index in [1.807, 2.05) is 12.1 Å². The lowest BCUT2D eigenvalue weighted by atomic mass is 10.1. The van der Waals surface area contributed by atoms with Crippen LogP contribution >= 0.6 is 11.6 Å². The number of carbonyl (C=O) groups excluding carboxylic acids is 1. The van der Waals surface area contributed by atoms with Crippen LogP contribution in [0.1, 0.15) is 23.1 Å². The summed E-state index contributed by atoms with van der Waals surface area (Å²) in [5.74, 6) is -0.531. The Labute approximate surface area is 193 Å². The van der Waals surface area contributed by atoms with Crippen molar-refractivity contribution < 1.29 is 13.2 Å². The Morgan fingerprint density at radius 3 is 2.38 bits per heavy atom. The predicted molar refractivity (Wildman–Crippen MR) is 128 cm³/mol. The van der Waals surface area contributed by atoms with Crippen molar-refractivity contribution in [3.05, 3.63) is 94.5 Å². The number of nitrogens with one attached hydrogen (secondary N) is 1. The molecule has 5 nitrogen and oxygen atoms in total. The second kappa shape index (κ2) is 9.76. The molecular weight excluding hydrogens is 444 g/mol. The molecule has 3 aromatic rings. The number of para-hydroxylation sites is 1. The number of benzene rings is 3. The van der Waals surface area contributed by atoms with Crippen LogP contribution < -0.4 is 10.2 Å². The standard InChI is InChI=1S/C25H25ClN2O3S/c26-22-9-11-23(12-10-22)32(30,31)16-14-25(29)27-17-19-5-7-20(8-6-19)18-28-15-13-21-3-1-2-4-24(21)28/h1-12H,13-18H2,(H,27,29). The highest BCUT2D eigenvalue weighted by atomic mass is 35.5. The zero-order valence-corrected chi connectivity index (χ0v) is 19.2. The van der Waals surface area contributed by atoms with Gasteiger partial charge >= 0.3 is 0 Å². The molecule has 0 saturated heterocycles. The van der Waals surface area contributed by atoms with Crippen molar-refractivity contribution >= 4 is 33.0 Å². The minimum absolute atomic E-state index is 0.0859. The van der Waals surface area contributed by atoms with Gasteiger partial charge in [0.25, 0.3) is 0 Å². The quantitative estimate of drug-likeness (QED) is 0.532. The number of amides is 1. The number of halogens is 1. The zero-order valence-electron chi connectivity index (χ0n) is 17.6. The number of carbonyl (C=O) groups is 1. The maximum Gasteiger partial charge on any atom is 0.221 e. The fourth-order valence-electron chi connectivity index (χ4n) is 3.83. The van der Waals surface area contributed by atoms with Gasteiger partial charge in [-0.15, -0.1) is 0 Å². The van der Waals surface area contributed by atoms with Gasteiger partial charge in [0.2, 0.25) is 5.91 Å². The first kappa shape index (κ1) is 22.4. The molecule has 0 fully saturated rings. The highest BCUT2D eigenvalue weighted by Crippen LogP contribution is 2.28. The largest absolute Gasteiger partial charge is 0.367 e. The maximum atomic E-state index is 12.4. The molecular formula is C25H25ClN2O3S. The molecule has 4 rings (SSSR count). The van der Waals surface area contributed by atoms with Crippen molar-refractivity contribution in [3.63, 3.8) is 0 Å². The Morgan fingerprint density at radius 1 is 0.938 bits per heavy atom. The molecule has 1 amide bonds. The minimum Gasteiger partial charge on any atom is -0.367 e. The third-order valence-corrected chi connectivity index (χ3v) is 7.62. The van der Waals surface area contributed by atoms with E-state index in [1.165, 1.54) is 41.1 Å². The van der Waals surface area contributed by atoms with Crippen molar-refractivity contribution in [2.24, 2.45) is 0 Å². The van der Waals surface area contributed by atoms with Crippen LogP contribution in [0.2, 0.25) is 5.02 Å². The van der Waals surface area contributed by atoms with Gasteiger partial charge in [0.1, 0.15) is 0 Å². The molecule has 1 aliphatic heterocycles. The smallest absolute Gasteiger partial charge is 0.221 e. The lowest BCUT2D eigenvalue weighted by Crippen LogP contribution is -2.25. The third kappa shape index (κ3) is 5.50. The molecule has 0 aromatic heterocycles. The molecule has 0 radical (unpaired) electrons. The average molecular weight is 469 g/mol. The summed E-state index contributed by atoms with van der Waals surface area (Å²) in [5, 5.41) is 3.27. The molecule has 7 heteroatoms. The second-order valence-corrected chi connectivity index (χ2v) is 10.5. The van der Waals surface area contributed by atoms with E-state index < -0.39 is 9.84 Å². The van der Waals surface area contributed by atoms with Crippen molar-refractivity contribution in [2.75, 3.05) is 17.2 Å². The van der Waals surface area contributed by atoms with Crippen molar-refractivity contribution in [3.8, 4) is 0 Å². The summed E-state index contributed by atoms with van der Waals surface area (Å²) in [6.07, 6.45) is 0.992. The van der Waals surface area contributed by atoms with Crippen LogP contribution in [0.4, 0.5) is 5.69 Å². The van der Waals surface area contributed by atoms with Crippen molar-refractivity contribution in [1.82, 2.24) is 5.32 Å². The fourth-order valence-corrected chi connectivity index (χ4v) is 5.20. The Hall–Kier alpha value is -2.83. The zero-order chi connectivity index (χ0) is 22.6. The molecule has 1 heterocycles. The van der Waals surface area contributed by atoms with Crippen LogP contribution in [0.25, 0.3) is 0 Å². The Morgan fingerprint density at radius 2 is 1.62 bits per heavy atom. The van der Waals surface area contributed by atoms with Gasteiger partial charge < -0.3 is 10.2 Å². The molecule has 0 spiro atoms. The summed E-state index contributed by atoms with van der Waals surface area (Å²) in [7, 11) is -3.52. The monoisotopic (exact) mass is 468 g/mol. The van der Waals surface area contributed by atoms with Crippen LogP contribution in [0.5, 0.6) is 0 Å². The minimum atomic E-state index is -3.52. The Kier molecular flexibility index (Phi) is 6.82. The molecule has 3 aromatic carbocycles. The molecule has 1 aliphatic rings. The summed E-state index contributed by atoms with van der Waals surface area (Å²) >= 11 is 5.80. The van der Waals surface area contributed by atoms with Gasteiger partial charge in [-0.3, -0.25) is 4.79 Å². The van der Waals surface area contributed by atoms with Gasteiger partial charge in [-0.05, 0) is 53.4 Å². The van der Waals surface area contributed by atoms with E-state index in [9.17, 15) is 13.2 Å². The first-order valence-corrected chi connectivity index (χ1v) is 12.6. The summed E-state index contributed by atoms with van der Waals surface area (Å²) in [6.45, 7) is 2.24. The Bertz CT molecular complexity index is 1190. The normalized spacial score (nSPS) is 13.1. The first-order valence-electron chi connectivity index (χ1n) is 10.6. The van der Waals surface area contributed by atoms with Crippen LogP contribution in [-0.2, 0) is 34.1 Å². The van der Waals surface area contributed by atoms with Crippen LogP contribution in [-0.4, -0.2) is 26.6 Å². The van der Waals surface area contributed by atoms with E-state index >= 15 is 0 Å². The number of sulfone groups is 1. The second-order valence-electron chi connectivity index (χ2n) is 7.92. The first-order chi connectivity index (χ1) is 15.4. The van der Waals surface area contributed by atoms with Crippen LogP contribution in [0, 0.1) is 0 Å². The lowest BCUT2D eigenvalue weighted by Gasteiger charge is -2.19. The molecule has 0 saturated carbocycles. The van der Waals surface area contributed by atoms with Gasteiger partial charge in [-0.1, -0.05) is 54.1 Å². The molecule has 0 bridgehead atoms. The molecule has 0 unspecified atom stereocenters. The molecule has 166 valence electrons. The maximum absolute atomic E-state index is 12.4. The van der Waals surface area contributed by atoms with Crippen LogP contribution in [0.3, 0.4) is 0 Å². The van der Waals surface area contributed by atoms with Gasteiger partial charge in [-0.2, -0.15) is 0 Å². The number of fused-ring (bicyclic) bond motifs is 1. The average Bonchev–Trinajstić information content (AvgIpc) is 3.20. The summed E-state index contributed by atoms with van der Waals surface area (Å²) in [5.41, 5.74) is 4.89. The van der Waals surface area contributed by atoms with Crippen molar-refractivity contribution in [1.29, 1.82) is 0 Å². The molecule has 0 atom stereocenters. The summed E-state index contributed by atoms with van der Waals surface area (Å²) in [6, 6.07) is 22.6. The third-order valence-electron chi connectivity index (χ3n) is 5.64. The lowest BCUT2D eigenvalue weighted by molar-refractivity contribution is -0.120. The van der Waals surface area contributed by atoms with Crippen LogP contribution in [0.15, 0.2) is 77.7 Å². The fraction of sp³-hybridized carbons (Fsp3) is 0.240.